The third kappa shape index (κ3) is 4.53. The van der Waals surface area contributed by atoms with Crippen molar-refractivity contribution in [1.82, 2.24) is 4.90 Å². The summed E-state index contributed by atoms with van der Waals surface area (Å²) in [6.45, 7) is 22.5. The first-order chi connectivity index (χ1) is 21.3. The lowest BCUT2D eigenvalue weighted by atomic mass is 9.36. The number of ether oxygens (including phenoxy) is 1. The Bertz CT molecular complexity index is 1540. The maximum atomic E-state index is 13.7. The van der Waals surface area contributed by atoms with Crippen LogP contribution in [-0.4, -0.2) is 23.8 Å². The fourth-order valence-corrected chi connectivity index (χ4v) is 11.2. The number of allylic oxidation sites excluding steroid dienone is 8. The van der Waals surface area contributed by atoms with Gasteiger partial charge in [-0.2, -0.15) is 0 Å². The minimum Gasteiger partial charge on any atom is -0.485 e. The molecule has 1 saturated heterocycles. The van der Waals surface area contributed by atoms with Crippen LogP contribution in [0, 0.1) is 33.0 Å². The van der Waals surface area contributed by atoms with Crippen LogP contribution in [0.1, 0.15) is 111 Å². The van der Waals surface area contributed by atoms with E-state index in [4.69, 9.17) is 11.3 Å². The highest BCUT2D eigenvalue weighted by Crippen LogP contribution is 2.75. The van der Waals surface area contributed by atoms with Crippen LogP contribution in [0.5, 0.6) is 0 Å². The average molecular weight is 606 g/mol. The van der Waals surface area contributed by atoms with Crippen molar-refractivity contribution in [2.75, 3.05) is 13.1 Å². The molecule has 0 spiro atoms. The van der Waals surface area contributed by atoms with Crippen LogP contribution >= 0.6 is 0 Å². The van der Waals surface area contributed by atoms with Gasteiger partial charge in [-0.1, -0.05) is 89.3 Å². The number of nitrogens with zero attached hydrogens (tertiary/aromatic N) is 1. The normalized spacial score (nSPS) is 39.4. The monoisotopic (exact) mass is 605 g/mol. The topological polar surface area (TPSA) is 29.5 Å². The predicted octanol–water partition coefficient (Wildman–Crippen LogP) is 10.3. The molecule has 45 heavy (non-hydrogen) atoms. The largest absolute Gasteiger partial charge is 0.485 e. The second-order valence-electron chi connectivity index (χ2n) is 16.8. The van der Waals surface area contributed by atoms with Crippen molar-refractivity contribution in [3.63, 3.8) is 0 Å². The summed E-state index contributed by atoms with van der Waals surface area (Å²) < 4.78 is 6.20. The van der Waals surface area contributed by atoms with Gasteiger partial charge in [0, 0.05) is 35.2 Å². The smallest absolute Gasteiger partial charge is 0.221 e. The Morgan fingerprint density at radius 3 is 2.36 bits per heavy atom. The van der Waals surface area contributed by atoms with E-state index in [1.165, 1.54) is 87.7 Å². The standard InChI is InChI=1S/C42H55NO2/c1-29-32-15-16-36-40(5,33(32)27-34(44)37(29)45-28-31-13-9-8-10-14-31)22-24-41(6)35-17-18-38(3,30(2)43-25-11-12-26-43)19-20-39(35,4)21-23-42(36,41)7/h8-10,13-16,27,35H,2,11-12,17-26,28H2,1,3-7H3/t35-,38-,39+,40-,41-,42+/m0/s1. The lowest BCUT2D eigenvalue weighted by Crippen LogP contribution is -2.59. The molecule has 1 heterocycles. The Morgan fingerprint density at radius 1 is 0.911 bits per heavy atom. The number of fused-ring (bicyclic) bond motifs is 7. The molecule has 0 bridgehead atoms. The zero-order valence-corrected chi connectivity index (χ0v) is 28.9. The molecule has 3 heteroatoms. The van der Waals surface area contributed by atoms with Crippen molar-refractivity contribution >= 4 is 5.78 Å². The molecule has 0 aromatic heterocycles. The van der Waals surface area contributed by atoms with E-state index in [2.05, 4.69) is 58.6 Å². The van der Waals surface area contributed by atoms with E-state index in [1.807, 2.05) is 36.4 Å². The lowest BCUT2D eigenvalue weighted by Gasteiger charge is -2.68. The summed E-state index contributed by atoms with van der Waals surface area (Å²) in [5.41, 5.74) is 8.25. The third-order valence-corrected chi connectivity index (χ3v) is 14.6. The predicted molar refractivity (Wildman–Crippen MR) is 184 cm³/mol. The van der Waals surface area contributed by atoms with Crippen molar-refractivity contribution < 1.29 is 9.53 Å². The number of rotatable bonds is 5. The molecule has 5 aliphatic carbocycles. The van der Waals surface area contributed by atoms with Gasteiger partial charge in [0.2, 0.25) is 5.78 Å². The number of hydrogen-bond donors (Lipinski definition) is 0. The second kappa shape index (κ2) is 10.6. The van der Waals surface area contributed by atoms with Gasteiger partial charge in [-0.15, -0.1) is 0 Å². The Labute approximate surface area is 272 Å². The molecule has 1 aliphatic heterocycles. The van der Waals surface area contributed by atoms with Crippen LogP contribution in [0.15, 0.2) is 88.9 Å². The lowest BCUT2D eigenvalue weighted by molar-refractivity contribution is -0.127. The van der Waals surface area contributed by atoms with Gasteiger partial charge in [-0.25, -0.2) is 0 Å². The van der Waals surface area contributed by atoms with Gasteiger partial charge in [-0.05, 0) is 116 Å². The Morgan fingerprint density at radius 2 is 1.62 bits per heavy atom. The summed E-state index contributed by atoms with van der Waals surface area (Å²) >= 11 is 0. The average Bonchev–Trinajstić information content (AvgIpc) is 3.52. The number of carbonyl (C=O) groups is 1. The fourth-order valence-electron chi connectivity index (χ4n) is 11.2. The molecule has 3 saturated carbocycles. The van der Waals surface area contributed by atoms with Crippen LogP contribution in [0.4, 0.5) is 0 Å². The maximum absolute atomic E-state index is 13.7. The van der Waals surface area contributed by atoms with E-state index >= 15 is 0 Å². The molecule has 0 radical (unpaired) electrons. The number of ketones is 1. The van der Waals surface area contributed by atoms with Crippen LogP contribution < -0.4 is 0 Å². The Hall–Kier alpha value is -2.81. The molecule has 1 aromatic rings. The van der Waals surface area contributed by atoms with Gasteiger partial charge in [-0.3, -0.25) is 4.79 Å². The van der Waals surface area contributed by atoms with Crippen molar-refractivity contribution in [2.24, 2.45) is 33.0 Å². The highest BCUT2D eigenvalue weighted by molar-refractivity contribution is 6.07. The van der Waals surface area contributed by atoms with E-state index in [0.717, 1.165) is 17.6 Å². The molecular formula is C42H55NO2. The summed E-state index contributed by atoms with van der Waals surface area (Å²) in [6.07, 6.45) is 19.3. The summed E-state index contributed by atoms with van der Waals surface area (Å²) in [6, 6.07) is 10.1. The second-order valence-corrected chi connectivity index (χ2v) is 16.8. The van der Waals surface area contributed by atoms with Crippen molar-refractivity contribution in [3.8, 4) is 0 Å². The highest BCUT2D eigenvalue weighted by atomic mass is 16.5. The summed E-state index contributed by atoms with van der Waals surface area (Å²) in [7, 11) is 0. The molecule has 4 fully saturated rings. The van der Waals surface area contributed by atoms with Gasteiger partial charge in [0.05, 0.1) is 0 Å². The third-order valence-electron chi connectivity index (χ3n) is 14.6. The van der Waals surface area contributed by atoms with Crippen LogP contribution in [0.3, 0.4) is 0 Å². The Kier molecular flexibility index (Phi) is 7.27. The number of likely N-dealkylation sites (tertiary alicyclic amines) is 1. The van der Waals surface area contributed by atoms with Gasteiger partial charge in [0.1, 0.15) is 6.61 Å². The number of benzene rings is 1. The van der Waals surface area contributed by atoms with Crippen molar-refractivity contribution in [2.45, 2.75) is 112 Å². The van der Waals surface area contributed by atoms with Gasteiger partial charge in [0.15, 0.2) is 5.76 Å². The van der Waals surface area contributed by atoms with Gasteiger partial charge < -0.3 is 9.64 Å². The first-order valence-electron chi connectivity index (χ1n) is 17.9. The molecule has 6 aliphatic rings. The number of hydrogen-bond acceptors (Lipinski definition) is 3. The van der Waals surface area contributed by atoms with Gasteiger partial charge >= 0.3 is 0 Å². The first kappa shape index (κ1) is 30.8. The van der Waals surface area contributed by atoms with Crippen molar-refractivity contribution in [3.05, 3.63) is 94.5 Å². The minimum absolute atomic E-state index is 0.0223. The fraction of sp³-hybridized carbons (Fsp3) is 0.595. The van der Waals surface area contributed by atoms with E-state index in [0.29, 0.717) is 23.7 Å². The van der Waals surface area contributed by atoms with E-state index in [1.54, 1.807) is 5.57 Å². The summed E-state index contributed by atoms with van der Waals surface area (Å²) in [4.78, 5) is 16.3. The minimum atomic E-state index is -0.128. The molecule has 0 N–H and O–H groups in total. The van der Waals surface area contributed by atoms with Crippen molar-refractivity contribution in [1.29, 1.82) is 0 Å². The maximum Gasteiger partial charge on any atom is 0.221 e. The molecule has 7 rings (SSSR count). The highest BCUT2D eigenvalue weighted by Gasteiger charge is 2.65. The molecule has 1 aromatic carbocycles. The zero-order chi connectivity index (χ0) is 31.8. The summed E-state index contributed by atoms with van der Waals surface area (Å²) in [5, 5.41) is 0. The molecule has 6 atom stereocenters. The zero-order valence-electron chi connectivity index (χ0n) is 28.9. The molecule has 3 nitrogen and oxygen atoms in total. The number of carbonyl (C=O) groups excluding carboxylic acids is 1. The SMILES string of the molecule is C=C(N1CCCC1)[C@@]1(C)CC[C@H]2[C@](C)(CC1)CC[C@]1(C)C3=CC=C4C(=CC(=O)C(OCc5ccccc5)=C4C)[C@]3(C)CC[C@@]21C. The van der Waals surface area contributed by atoms with Crippen LogP contribution in [0.25, 0.3) is 0 Å². The molecule has 0 unspecified atom stereocenters. The van der Waals surface area contributed by atoms with Gasteiger partial charge in [0.25, 0.3) is 0 Å². The molecular weight excluding hydrogens is 550 g/mol. The summed E-state index contributed by atoms with van der Waals surface area (Å²) in [5.74, 6) is 1.22. The van der Waals surface area contributed by atoms with Crippen LogP contribution in [0.2, 0.25) is 0 Å². The van der Waals surface area contributed by atoms with E-state index in [-0.39, 0.29) is 27.4 Å². The quantitative estimate of drug-likeness (QED) is 0.334. The molecule has 0 amide bonds. The van der Waals surface area contributed by atoms with E-state index in [9.17, 15) is 4.79 Å². The molecule has 240 valence electrons. The first-order valence-corrected chi connectivity index (χ1v) is 17.9. The Balaban J connectivity index is 1.20. The van der Waals surface area contributed by atoms with Crippen LogP contribution in [-0.2, 0) is 16.1 Å². The van der Waals surface area contributed by atoms with E-state index < -0.39 is 0 Å².